The Labute approximate surface area is 129 Å². The Morgan fingerprint density at radius 3 is 2.55 bits per heavy atom. The van der Waals surface area contributed by atoms with Gasteiger partial charge in [0.1, 0.15) is 12.4 Å². The van der Waals surface area contributed by atoms with Crippen LogP contribution < -0.4 is 10.5 Å². The molecule has 0 fully saturated rings. The predicted octanol–water partition coefficient (Wildman–Crippen LogP) is 3.45. The van der Waals surface area contributed by atoms with E-state index < -0.39 is 4.92 Å². The minimum absolute atomic E-state index is 0.0763. The predicted molar refractivity (Wildman–Crippen MR) is 85.8 cm³/mol. The lowest BCUT2D eigenvalue weighted by atomic mass is 10.1. The number of rotatable bonds is 7. The zero-order valence-electron chi connectivity index (χ0n) is 12.6. The lowest BCUT2D eigenvalue weighted by molar-refractivity contribution is -0.384. The third-order valence-electron chi connectivity index (χ3n) is 3.34. The Morgan fingerprint density at radius 1 is 1.18 bits per heavy atom. The maximum absolute atomic E-state index is 10.7. The summed E-state index contributed by atoms with van der Waals surface area (Å²) in [6.45, 7) is 2.30. The van der Waals surface area contributed by atoms with Crippen LogP contribution in [0.4, 0.5) is 5.69 Å². The van der Waals surface area contributed by atoms with Crippen molar-refractivity contribution in [3.05, 3.63) is 69.8 Å². The summed E-state index contributed by atoms with van der Waals surface area (Å²) < 4.78 is 5.66. The number of hydrogen-bond acceptors (Lipinski definition) is 4. The van der Waals surface area contributed by atoms with E-state index >= 15 is 0 Å². The molecule has 2 aromatic rings. The lowest BCUT2D eigenvalue weighted by Gasteiger charge is -2.08. The number of benzene rings is 2. The van der Waals surface area contributed by atoms with E-state index in [9.17, 15) is 10.1 Å². The average molecular weight is 300 g/mol. The molecule has 0 aliphatic rings. The standard InChI is InChI=1S/C17H20N2O3/c1-13(18)5-6-14-7-9-17(10-8-14)22-12-15-3-2-4-16(11-15)19(20)21/h2-4,7-11,13H,5-6,12,18H2,1H3. The van der Waals surface area contributed by atoms with Crippen molar-refractivity contribution >= 4 is 5.69 Å². The number of nitro benzene ring substituents is 1. The maximum atomic E-state index is 10.7. The van der Waals surface area contributed by atoms with Crippen LogP contribution in [0.25, 0.3) is 0 Å². The van der Waals surface area contributed by atoms with Gasteiger partial charge in [0, 0.05) is 18.2 Å². The summed E-state index contributed by atoms with van der Waals surface area (Å²) >= 11 is 0. The van der Waals surface area contributed by atoms with Gasteiger partial charge in [0.05, 0.1) is 4.92 Å². The molecule has 0 aliphatic heterocycles. The first-order chi connectivity index (χ1) is 10.5. The highest BCUT2D eigenvalue weighted by atomic mass is 16.6. The van der Waals surface area contributed by atoms with E-state index in [-0.39, 0.29) is 11.7 Å². The zero-order chi connectivity index (χ0) is 15.9. The van der Waals surface area contributed by atoms with Crippen molar-refractivity contribution in [2.75, 3.05) is 0 Å². The van der Waals surface area contributed by atoms with Crippen LogP contribution >= 0.6 is 0 Å². The van der Waals surface area contributed by atoms with Crippen molar-refractivity contribution in [3.8, 4) is 5.75 Å². The number of aryl methyl sites for hydroxylation is 1. The molecule has 2 aromatic carbocycles. The van der Waals surface area contributed by atoms with Gasteiger partial charge in [0.15, 0.2) is 0 Å². The summed E-state index contributed by atoms with van der Waals surface area (Å²) in [6, 6.07) is 14.5. The van der Waals surface area contributed by atoms with Crippen LogP contribution in [0.1, 0.15) is 24.5 Å². The number of nitro groups is 1. The Kier molecular flexibility index (Phi) is 5.49. The van der Waals surface area contributed by atoms with Gasteiger partial charge in [-0.05, 0) is 43.0 Å². The van der Waals surface area contributed by atoms with Crippen molar-refractivity contribution in [3.63, 3.8) is 0 Å². The van der Waals surface area contributed by atoms with Gasteiger partial charge in [0.25, 0.3) is 5.69 Å². The first-order valence-corrected chi connectivity index (χ1v) is 7.25. The third kappa shape index (κ3) is 4.86. The number of non-ortho nitro benzene ring substituents is 1. The summed E-state index contributed by atoms with van der Waals surface area (Å²) in [5, 5.41) is 10.7. The van der Waals surface area contributed by atoms with Gasteiger partial charge in [-0.2, -0.15) is 0 Å². The quantitative estimate of drug-likeness (QED) is 0.627. The van der Waals surface area contributed by atoms with Crippen LogP contribution in [0.3, 0.4) is 0 Å². The molecule has 0 heterocycles. The summed E-state index contributed by atoms with van der Waals surface area (Å²) in [7, 11) is 0. The van der Waals surface area contributed by atoms with Crippen LogP contribution in [-0.2, 0) is 13.0 Å². The first kappa shape index (κ1) is 16.0. The fourth-order valence-corrected chi connectivity index (χ4v) is 2.07. The second-order valence-corrected chi connectivity index (χ2v) is 5.38. The molecule has 22 heavy (non-hydrogen) atoms. The zero-order valence-corrected chi connectivity index (χ0v) is 12.6. The van der Waals surface area contributed by atoms with E-state index in [1.54, 1.807) is 6.07 Å². The van der Waals surface area contributed by atoms with Crippen molar-refractivity contribution in [1.29, 1.82) is 0 Å². The van der Waals surface area contributed by atoms with Gasteiger partial charge in [-0.1, -0.05) is 24.3 Å². The second kappa shape index (κ2) is 7.56. The van der Waals surface area contributed by atoms with E-state index in [4.69, 9.17) is 10.5 Å². The first-order valence-electron chi connectivity index (χ1n) is 7.25. The SMILES string of the molecule is CC(N)CCc1ccc(OCc2cccc([N+](=O)[O-])c2)cc1. The lowest BCUT2D eigenvalue weighted by Crippen LogP contribution is -2.15. The molecule has 2 N–H and O–H groups in total. The van der Waals surface area contributed by atoms with Crippen LogP contribution in [0.2, 0.25) is 0 Å². The summed E-state index contributed by atoms with van der Waals surface area (Å²) in [5.41, 5.74) is 7.81. The second-order valence-electron chi connectivity index (χ2n) is 5.38. The Hall–Kier alpha value is -2.40. The number of nitrogens with zero attached hydrogens (tertiary/aromatic N) is 1. The van der Waals surface area contributed by atoms with Gasteiger partial charge in [0.2, 0.25) is 0 Å². The minimum Gasteiger partial charge on any atom is -0.489 e. The normalized spacial score (nSPS) is 11.9. The molecule has 0 aliphatic carbocycles. The fraction of sp³-hybridized carbons (Fsp3) is 0.294. The van der Waals surface area contributed by atoms with Crippen molar-refractivity contribution < 1.29 is 9.66 Å². The topological polar surface area (TPSA) is 78.4 Å². The van der Waals surface area contributed by atoms with Crippen molar-refractivity contribution in [2.24, 2.45) is 5.73 Å². The van der Waals surface area contributed by atoms with Crippen molar-refractivity contribution in [2.45, 2.75) is 32.4 Å². The molecule has 0 spiro atoms. The molecule has 5 heteroatoms. The molecule has 0 aromatic heterocycles. The molecule has 116 valence electrons. The van der Waals surface area contributed by atoms with Crippen LogP contribution in [0, 0.1) is 10.1 Å². The Morgan fingerprint density at radius 2 is 1.91 bits per heavy atom. The highest BCUT2D eigenvalue weighted by molar-refractivity contribution is 5.34. The molecular formula is C17H20N2O3. The van der Waals surface area contributed by atoms with Gasteiger partial charge < -0.3 is 10.5 Å². The van der Waals surface area contributed by atoms with Crippen LogP contribution in [-0.4, -0.2) is 11.0 Å². The number of ether oxygens (including phenoxy) is 1. The molecule has 0 bridgehead atoms. The van der Waals surface area contributed by atoms with Crippen LogP contribution in [0.5, 0.6) is 5.75 Å². The summed E-state index contributed by atoms with van der Waals surface area (Å²) in [5.74, 6) is 0.746. The molecule has 2 rings (SSSR count). The molecular weight excluding hydrogens is 280 g/mol. The van der Waals surface area contributed by atoms with E-state index in [2.05, 4.69) is 0 Å². The molecule has 1 unspecified atom stereocenters. The highest BCUT2D eigenvalue weighted by Gasteiger charge is 2.06. The van der Waals surface area contributed by atoms with Crippen LogP contribution in [0.15, 0.2) is 48.5 Å². The van der Waals surface area contributed by atoms with E-state index in [1.165, 1.54) is 17.7 Å². The smallest absolute Gasteiger partial charge is 0.269 e. The minimum atomic E-state index is -0.406. The van der Waals surface area contributed by atoms with Gasteiger partial charge in [-0.25, -0.2) is 0 Å². The fourth-order valence-electron chi connectivity index (χ4n) is 2.07. The monoisotopic (exact) mass is 300 g/mol. The largest absolute Gasteiger partial charge is 0.489 e. The Bertz CT molecular complexity index is 624. The average Bonchev–Trinajstić information content (AvgIpc) is 2.52. The highest BCUT2D eigenvalue weighted by Crippen LogP contribution is 2.18. The molecule has 1 atom stereocenters. The summed E-state index contributed by atoms with van der Waals surface area (Å²) in [4.78, 5) is 10.3. The van der Waals surface area contributed by atoms with E-state index in [1.807, 2.05) is 37.3 Å². The van der Waals surface area contributed by atoms with Gasteiger partial charge >= 0.3 is 0 Å². The Balaban J connectivity index is 1.91. The third-order valence-corrected chi connectivity index (χ3v) is 3.34. The van der Waals surface area contributed by atoms with E-state index in [0.717, 1.165) is 24.2 Å². The molecule has 0 radical (unpaired) electrons. The maximum Gasteiger partial charge on any atom is 0.269 e. The van der Waals surface area contributed by atoms with Gasteiger partial charge in [-0.15, -0.1) is 0 Å². The summed E-state index contributed by atoms with van der Waals surface area (Å²) in [6.07, 6.45) is 1.90. The number of hydrogen-bond donors (Lipinski definition) is 1. The van der Waals surface area contributed by atoms with Crippen molar-refractivity contribution in [1.82, 2.24) is 0 Å². The molecule has 0 saturated heterocycles. The number of nitrogens with two attached hydrogens (primary N) is 1. The van der Waals surface area contributed by atoms with E-state index in [0.29, 0.717) is 6.61 Å². The molecule has 0 amide bonds. The molecule has 5 nitrogen and oxygen atoms in total. The molecule has 0 saturated carbocycles. The van der Waals surface area contributed by atoms with Gasteiger partial charge in [-0.3, -0.25) is 10.1 Å².